The van der Waals surface area contributed by atoms with Gasteiger partial charge in [0.05, 0.1) is 12.6 Å². The number of carbonyl (C=O) groups excluding carboxylic acids is 1. The molecule has 2 unspecified atom stereocenters. The summed E-state index contributed by atoms with van der Waals surface area (Å²) in [7, 11) is 0. The molecule has 0 heterocycles. The Hall–Kier alpha value is -1.55. The molecular weight excluding hydrogens is 264 g/mol. The molecule has 1 aromatic carbocycles. The molecule has 2 N–H and O–H groups in total. The Morgan fingerprint density at radius 3 is 2.29 bits per heavy atom. The summed E-state index contributed by atoms with van der Waals surface area (Å²) >= 11 is 0. The van der Waals surface area contributed by atoms with Gasteiger partial charge in [-0.1, -0.05) is 43.7 Å². The van der Waals surface area contributed by atoms with Gasteiger partial charge in [0.25, 0.3) is 0 Å². The van der Waals surface area contributed by atoms with E-state index in [0.29, 0.717) is 19.0 Å². The Bertz CT molecular complexity index is 443. The van der Waals surface area contributed by atoms with Crippen LogP contribution in [0.4, 0.5) is 4.79 Å². The second kappa shape index (κ2) is 8.03. The van der Waals surface area contributed by atoms with E-state index in [4.69, 9.17) is 0 Å². The zero-order valence-corrected chi connectivity index (χ0v) is 13.8. The molecule has 1 aromatic rings. The summed E-state index contributed by atoms with van der Waals surface area (Å²) < 4.78 is 0. The number of aliphatic hydroxyl groups excluding tert-OH is 1. The van der Waals surface area contributed by atoms with E-state index < -0.39 is 6.10 Å². The number of benzene rings is 1. The zero-order valence-electron chi connectivity index (χ0n) is 13.8. The first-order valence-corrected chi connectivity index (χ1v) is 7.65. The van der Waals surface area contributed by atoms with Crippen molar-refractivity contribution in [2.45, 2.75) is 46.8 Å². The first-order chi connectivity index (χ1) is 9.85. The van der Waals surface area contributed by atoms with E-state index in [2.05, 4.69) is 19.2 Å². The molecule has 0 aliphatic carbocycles. The Balaban J connectivity index is 2.64. The molecule has 0 radical (unpaired) electrons. The van der Waals surface area contributed by atoms with Crippen LogP contribution in [0, 0.1) is 12.8 Å². The van der Waals surface area contributed by atoms with E-state index >= 15 is 0 Å². The Morgan fingerprint density at radius 1 is 1.24 bits per heavy atom. The number of carbonyl (C=O) groups is 1. The molecule has 0 saturated heterocycles. The van der Waals surface area contributed by atoms with Crippen molar-refractivity contribution < 1.29 is 9.90 Å². The van der Waals surface area contributed by atoms with Gasteiger partial charge in [-0.25, -0.2) is 4.79 Å². The van der Waals surface area contributed by atoms with Crippen molar-refractivity contribution in [1.82, 2.24) is 10.2 Å². The summed E-state index contributed by atoms with van der Waals surface area (Å²) in [5, 5.41) is 13.3. The van der Waals surface area contributed by atoms with Crippen LogP contribution >= 0.6 is 0 Å². The Labute approximate surface area is 128 Å². The van der Waals surface area contributed by atoms with Gasteiger partial charge in [-0.2, -0.15) is 0 Å². The van der Waals surface area contributed by atoms with Crippen LogP contribution in [0.1, 0.15) is 44.9 Å². The minimum Gasteiger partial charge on any atom is -0.387 e. The van der Waals surface area contributed by atoms with Crippen molar-refractivity contribution in [1.29, 1.82) is 0 Å². The van der Waals surface area contributed by atoms with Gasteiger partial charge in [-0.15, -0.1) is 0 Å². The first-order valence-electron chi connectivity index (χ1n) is 7.65. The molecule has 0 aromatic heterocycles. The van der Waals surface area contributed by atoms with Gasteiger partial charge >= 0.3 is 6.03 Å². The van der Waals surface area contributed by atoms with Gasteiger partial charge in [0.1, 0.15) is 0 Å². The lowest BCUT2D eigenvalue weighted by Crippen LogP contribution is -2.46. The third-order valence-corrected chi connectivity index (χ3v) is 3.88. The Morgan fingerprint density at radius 2 is 1.81 bits per heavy atom. The average Bonchev–Trinajstić information content (AvgIpc) is 2.44. The normalized spacial score (nSPS) is 13.9. The maximum absolute atomic E-state index is 12.2. The van der Waals surface area contributed by atoms with E-state index in [9.17, 15) is 9.90 Å². The zero-order chi connectivity index (χ0) is 16.0. The standard InChI is InChI=1S/C17H28N2O2/c1-6-19(17(21)18-14(5)12(2)3)11-16(20)15-9-7-13(4)8-10-15/h7-10,12,14,16,20H,6,11H2,1-5H3,(H,18,21). The summed E-state index contributed by atoms with van der Waals surface area (Å²) in [6.45, 7) is 10.9. The van der Waals surface area contributed by atoms with E-state index in [1.807, 2.05) is 45.0 Å². The summed E-state index contributed by atoms with van der Waals surface area (Å²) in [5.74, 6) is 0.384. The summed E-state index contributed by atoms with van der Waals surface area (Å²) in [6, 6.07) is 7.74. The van der Waals surface area contributed by atoms with Gasteiger partial charge in [-0.3, -0.25) is 0 Å². The minimum absolute atomic E-state index is 0.114. The predicted molar refractivity (Wildman–Crippen MR) is 86.2 cm³/mol. The van der Waals surface area contributed by atoms with Gasteiger partial charge in [0, 0.05) is 12.6 Å². The molecule has 4 nitrogen and oxygen atoms in total. The first kappa shape index (κ1) is 17.5. The van der Waals surface area contributed by atoms with E-state index in [-0.39, 0.29) is 12.1 Å². The van der Waals surface area contributed by atoms with Crippen LogP contribution in [0.3, 0.4) is 0 Å². The largest absolute Gasteiger partial charge is 0.387 e. The number of nitrogens with zero attached hydrogens (tertiary/aromatic N) is 1. The van der Waals surface area contributed by atoms with Crippen molar-refractivity contribution in [2.75, 3.05) is 13.1 Å². The highest BCUT2D eigenvalue weighted by Crippen LogP contribution is 2.15. The lowest BCUT2D eigenvalue weighted by atomic mass is 10.1. The lowest BCUT2D eigenvalue weighted by molar-refractivity contribution is 0.121. The number of nitrogens with one attached hydrogen (secondary N) is 1. The maximum Gasteiger partial charge on any atom is 0.317 e. The van der Waals surface area contributed by atoms with E-state index in [1.54, 1.807) is 4.90 Å². The van der Waals surface area contributed by atoms with Gasteiger partial charge in [0.15, 0.2) is 0 Å². The molecule has 2 amide bonds. The number of urea groups is 1. The van der Waals surface area contributed by atoms with E-state index in [1.165, 1.54) is 0 Å². The van der Waals surface area contributed by atoms with Crippen molar-refractivity contribution >= 4 is 6.03 Å². The van der Waals surface area contributed by atoms with Crippen molar-refractivity contribution in [3.05, 3.63) is 35.4 Å². The lowest BCUT2D eigenvalue weighted by Gasteiger charge is -2.27. The quantitative estimate of drug-likeness (QED) is 0.846. The molecule has 0 aliphatic rings. The third kappa shape index (κ3) is 5.38. The fourth-order valence-corrected chi connectivity index (χ4v) is 1.91. The second-order valence-electron chi connectivity index (χ2n) is 5.95. The monoisotopic (exact) mass is 292 g/mol. The molecule has 0 fully saturated rings. The van der Waals surface area contributed by atoms with Crippen LogP contribution in [0.5, 0.6) is 0 Å². The van der Waals surface area contributed by atoms with Crippen LogP contribution in [0.2, 0.25) is 0 Å². The highest BCUT2D eigenvalue weighted by Gasteiger charge is 2.19. The van der Waals surface area contributed by atoms with Crippen molar-refractivity contribution in [3.63, 3.8) is 0 Å². The number of aliphatic hydroxyl groups is 1. The molecule has 0 saturated carbocycles. The molecule has 0 aliphatic heterocycles. The highest BCUT2D eigenvalue weighted by molar-refractivity contribution is 5.74. The molecule has 0 spiro atoms. The van der Waals surface area contributed by atoms with E-state index in [0.717, 1.165) is 11.1 Å². The second-order valence-corrected chi connectivity index (χ2v) is 5.95. The number of hydrogen-bond donors (Lipinski definition) is 2. The van der Waals surface area contributed by atoms with Crippen LogP contribution in [-0.4, -0.2) is 35.2 Å². The average molecular weight is 292 g/mol. The number of amides is 2. The number of rotatable bonds is 6. The Kier molecular flexibility index (Phi) is 6.69. The maximum atomic E-state index is 12.2. The van der Waals surface area contributed by atoms with Crippen LogP contribution in [-0.2, 0) is 0 Å². The smallest absolute Gasteiger partial charge is 0.317 e. The summed E-state index contributed by atoms with van der Waals surface area (Å²) in [5.41, 5.74) is 1.99. The van der Waals surface area contributed by atoms with Crippen LogP contribution in [0.25, 0.3) is 0 Å². The van der Waals surface area contributed by atoms with Crippen LogP contribution < -0.4 is 5.32 Å². The molecule has 2 atom stereocenters. The number of hydrogen-bond acceptors (Lipinski definition) is 2. The van der Waals surface area contributed by atoms with Crippen molar-refractivity contribution in [2.24, 2.45) is 5.92 Å². The fraction of sp³-hybridized carbons (Fsp3) is 0.588. The van der Waals surface area contributed by atoms with Gasteiger partial charge in [0.2, 0.25) is 0 Å². The molecule has 0 bridgehead atoms. The van der Waals surface area contributed by atoms with Gasteiger partial charge < -0.3 is 15.3 Å². The van der Waals surface area contributed by atoms with Gasteiger partial charge in [-0.05, 0) is 32.3 Å². The number of likely N-dealkylation sites (N-methyl/N-ethyl adjacent to an activating group) is 1. The van der Waals surface area contributed by atoms with Crippen LogP contribution in [0.15, 0.2) is 24.3 Å². The molecular formula is C17H28N2O2. The molecule has 118 valence electrons. The fourth-order valence-electron chi connectivity index (χ4n) is 1.91. The third-order valence-electron chi connectivity index (χ3n) is 3.88. The summed E-state index contributed by atoms with van der Waals surface area (Å²) in [6.07, 6.45) is -0.661. The highest BCUT2D eigenvalue weighted by atomic mass is 16.3. The molecule has 21 heavy (non-hydrogen) atoms. The molecule has 4 heteroatoms. The predicted octanol–water partition coefficient (Wildman–Crippen LogP) is 3.10. The molecule has 1 rings (SSSR count). The topological polar surface area (TPSA) is 52.6 Å². The number of aryl methyl sites for hydroxylation is 1. The minimum atomic E-state index is -0.661. The summed E-state index contributed by atoms with van der Waals surface area (Å²) in [4.78, 5) is 13.9. The van der Waals surface area contributed by atoms with Crippen molar-refractivity contribution in [3.8, 4) is 0 Å². The SMILES string of the molecule is CCN(CC(O)c1ccc(C)cc1)C(=O)NC(C)C(C)C.